The zero-order chi connectivity index (χ0) is 21.0. The monoisotopic (exact) mass is 408 g/mol. The van der Waals surface area contributed by atoms with E-state index in [1.54, 1.807) is 0 Å². The van der Waals surface area contributed by atoms with Crippen molar-refractivity contribution in [3.63, 3.8) is 0 Å². The number of carbonyl (C=O) groups excluding carboxylic acids is 1. The Labute approximate surface area is 169 Å². The van der Waals surface area contributed by atoms with Gasteiger partial charge in [-0.1, -0.05) is 25.3 Å². The third-order valence-electron chi connectivity index (χ3n) is 6.92. The number of hydrogen-bond donors (Lipinski definition) is 4. The van der Waals surface area contributed by atoms with E-state index in [9.17, 15) is 25.2 Å². The molecule has 0 unspecified atom stereocenters. The predicted molar refractivity (Wildman–Crippen MR) is 100 cm³/mol. The molecule has 0 spiro atoms. The molecule has 2 aliphatic carbocycles. The van der Waals surface area contributed by atoms with E-state index in [1.165, 1.54) is 0 Å². The molecule has 2 saturated carbocycles. The molecule has 10 atom stereocenters. The fourth-order valence-corrected chi connectivity index (χ4v) is 5.21. The minimum absolute atomic E-state index is 0.0264. The van der Waals surface area contributed by atoms with Crippen LogP contribution < -0.4 is 0 Å². The van der Waals surface area contributed by atoms with Crippen LogP contribution in [0.15, 0.2) is 36.5 Å². The van der Waals surface area contributed by atoms with Crippen molar-refractivity contribution in [2.45, 2.75) is 62.2 Å². The van der Waals surface area contributed by atoms with Crippen molar-refractivity contribution < 1.29 is 39.4 Å². The molecule has 2 saturated heterocycles. The van der Waals surface area contributed by atoms with Crippen LogP contribution >= 0.6 is 0 Å². The molecule has 4 rings (SSSR count). The number of rotatable bonds is 3. The normalized spacial score (nSPS) is 47.6. The van der Waals surface area contributed by atoms with Crippen LogP contribution in [0.3, 0.4) is 0 Å². The summed E-state index contributed by atoms with van der Waals surface area (Å²) in [7, 11) is 0. The lowest BCUT2D eigenvalue weighted by atomic mass is 9.83. The smallest absolute Gasteiger partial charge is 0.334 e. The summed E-state index contributed by atoms with van der Waals surface area (Å²) in [4.78, 5) is 11.9. The fraction of sp³-hybridized carbons (Fsp3) is 0.667. The van der Waals surface area contributed by atoms with E-state index in [2.05, 4.69) is 19.7 Å². The number of aliphatic hydroxyl groups excluding tert-OH is 4. The topological polar surface area (TPSA) is 126 Å². The fourth-order valence-electron chi connectivity index (χ4n) is 5.21. The van der Waals surface area contributed by atoms with Crippen molar-refractivity contribution in [2.24, 2.45) is 17.8 Å². The Kier molecular flexibility index (Phi) is 5.43. The van der Waals surface area contributed by atoms with Gasteiger partial charge in [-0.25, -0.2) is 4.79 Å². The summed E-state index contributed by atoms with van der Waals surface area (Å²) in [6.45, 7) is 11.8. The van der Waals surface area contributed by atoms with Crippen molar-refractivity contribution in [3.05, 3.63) is 36.5 Å². The first kappa shape index (κ1) is 20.7. The quantitative estimate of drug-likeness (QED) is 0.288. The molecule has 160 valence electrons. The van der Waals surface area contributed by atoms with Gasteiger partial charge in [-0.15, -0.1) is 0 Å². The Morgan fingerprint density at radius 3 is 2.45 bits per heavy atom. The predicted octanol–water partition coefficient (Wildman–Crippen LogP) is -0.188. The average Bonchev–Trinajstić information content (AvgIpc) is 3.08. The molecule has 4 aliphatic rings. The zero-order valence-corrected chi connectivity index (χ0v) is 16.1. The molecular weight excluding hydrogens is 380 g/mol. The lowest BCUT2D eigenvalue weighted by Gasteiger charge is -2.41. The zero-order valence-electron chi connectivity index (χ0n) is 16.1. The van der Waals surface area contributed by atoms with Crippen molar-refractivity contribution in [3.8, 4) is 0 Å². The van der Waals surface area contributed by atoms with Gasteiger partial charge in [-0.2, -0.15) is 0 Å². The number of ether oxygens (including phenoxy) is 3. The maximum Gasteiger partial charge on any atom is 0.334 e. The Hall–Kier alpha value is -1.55. The summed E-state index contributed by atoms with van der Waals surface area (Å²) < 4.78 is 16.7. The molecule has 0 aromatic rings. The van der Waals surface area contributed by atoms with Gasteiger partial charge in [0.15, 0.2) is 6.29 Å². The molecular formula is C21H28O8. The molecule has 2 heterocycles. The first-order valence-electron chi connectivity index (χ1n) is 9.95. The summed E-state index contributed by atoms with van der Waals surface area (Å²) in [6, 6.07) is 0. The summed E-state index contributed by atoms with van der Waals surface area (Å²) >= 11 is 0. The Balaban J connectivity index is 1.52. The number of fused-ring (bicyclic) bond motifs is 2. The summed E-state index contributed by atoms with van der Waals surface area (Å²) in [5.74, 6) is -0.327. The highest BCUT2D eigenvalue weighted by molar-refractivity contribution is 5.90. The number of carbonyl (C=O) groups is 1. The summed E-state index contributed by atoms with van der Waals surface area (Å²) in [5.41, 5.74) is 2.26. The van der Waals surface area contributed by atoms with Crippen LogP contribution in [0.4, 0.5) is 0 Å². The molecule has 0 aromatic heterocycles. The Morgan fingerprint density at radius 1 is 1.03 bits per heavy atom. The first-order valence-corrected chi connectivity index (χ1v) is 9.95. The molecule has 0 amide bonds. The van der Waals surface area contributed by atoms with E-state index in [-0.39, 0.29) is 29.8 Å². The van der Waals surface area contributed by atoms with Gasteiger partial charge in [0.05, 0.1) is 12.7 Å². The minimum Gasteiger partial charge on any atom is -0.458 e. The SMILES string of the molecule is C=C1C(=O)O[C@H]2CC(=C)[C@@H]3C[C@H](O[C@H]4[C@@H](O)[C@H](O)[C@H](O)O[C@H]4CO)C(=C)[C@@H]3C[C@H]12. The van der Waals surface area contributed by atoms with E-state index < -0.39 is 43.4 Å². The highest BCUT2D eigenvalue weighted by atomic mass is 16.7. The third kappa shape index (κ3) is 3.37. The summed E-state index contributed by atoms with van der Waals surface area (Å²) in [5, 5.41) is 39.5. The van der Waals surface area contributed by atoms with E-state index in [0.717, 1.165) is 11.1 Å². The van der Waals surface area contributed by atoms with Crippen molar-refractivity contribution in [2.75, 3.05) is 6.61 Å². The van der Waals surface area contributed by atoms with Crippen LogP contribution in [-0.4, -0.2) is 75.9 Å². The van der Waals surface area contributed by atoms with E-state index in [0.29, 0.717) is 24.8 Å². The van der Waals surface area contributed by atoms with Crippen LogP contribution in [0, 0.1) is 17.8 Å². The van der Waals surface area contributed by atoms with Crippen LogP contribution in [0.2, 0.25) is 0 Å². The molecule has 0 radical (unpaired) electrons. The van der Waals surface area contributed by atoms with Gasteiger partial charge in [0, 0.05) is 17.9 Å². The Bertz CT molecular complexity index is 730. The number of hydrogen-bond acceptors (Lipinski definition) is 8. The standard InChI is InChI=1S/C21H28O8/c1-8-4-15-13(10(3)20(25)28-15)5-12-9(2)14(6-11(8)12)27-19-16(7-22)29-21(26)18(24)17(19)23/h11-19,21-24,26H,1-7H2/t11-,12-,13+,14-,15-,16-,17-,18-,19+,21+/m0/s1. The largest absolute Gasteiger partial charge is 0.458 e. The third-order valence-corrected chi connectivity index (χ3v) is 6.92. The van der Waals surface area contributed by atoms with Gasteiger partial charge in [0.1, 0.15) is 30.5 Å². The highest BCUT2D eigenvalue weighted by Crippen LogP contribution is 2.52. The van der Waals surface area contributed by atoms with Crippen LogP contribution in [0.25, 0.3) is 0 Å². The first-order chi connectivity index (χ1) is 13.7. The van der Waals surface area contributed by atoms with Crippen LogP contribution in [0.1, 0.15) is 19.3 Å². The number of aliphatic hydroxyl groups is 4. The van der Waals surface area contributed by atoms with E-state index in [4.69, 9.17) is 14.2 Å². The van der Waals surface area contributed by atoms with Crippen molar-refractivity contribution >= 4 is 5.97 Å². The van der Waals surface area contributed by atoms with Crippen molar-refractivity contribution in [1.82, 2.24) is 0 Å². The van der Waals surface area contributed by atoms with Gasteiger partial charge in [-0.05, 0) is 30.3 Å². The van der Waals surface area contributed by atoms with Gasteiger partial charge in [0.25, 0.3) is 0 Å². The van der Waals surface area contributed by atoms with E-state index in [1.807, 2.05) is 0 Å². The van der Waals surface area contributed by atoms with Crippen molar-refractivity contribution in [1.29, 1.82) is 0 Å². The Morgan fingerprint density at radius 2 is 1.76 bits per heavy atom. The maximum absolute atomic E-state index is 11.9. The molecule has 29 heavy (non-hydrogen) atoms. The highest BCUT2D eigenvalue weighted by Gasteiger charge is 2.51. The van der Waals surface area contributed by atoms with Gasteiger partial charge in [-0.3, -0.25) is 0 Å². The van der Waals surface area contributed by atoms with Gasteiger partial charge < -0.3 is 34.6 Å². The number of esters is 1. The second-order valence-corrected chi connectivity index (χ2v) is 8.52. The minimum atomic E-state index is -1.59. The van der Waals surface area contributed by atoms with Crippen LogP contribution in [0.5, 0.6) is 0 Å². The second-order valence-electron chi connectivity index (χ2n) is 8.52. The molecule has 2 aliphatic heterocycles. The molecule has 0 bridgehead atoms. The lowest BCUT2D eigenvalue weighted by molar-refractivity contribution is -0.298. The van der Waals surface area contributed by atoms with Crippen LogP contribution in [-0.2, 0) is 19.0 Å². The molecule has 4 fully saturated rings. The molecule has 0 aromatic carbocycles. The average molecular weight is 408 g/mol. The van der Waals surface area contributed by atoms with E-state index >= 15 is 0 Å². The molecule has 8 heteroatoms. The lowest BCUT2D eigenvalue weighted by Crippen LogP contribution is -2.60. The molecule has 8 nitrogen and oxygen atoms in total. The molecule has 4 N–H and O–H groups in total. The van der Waals surface area contributed by atoms with Gasteiger partial charge >= 0.3 is 5.97 Å². The maximum atomic E-state index is 11.9. The second kappa shape index (κ2) is 7.61. The summed E-state index contributed by atoms with van der Waals surface area (Å²) in [6.07, 6.45) is -5.41. The van der Waals surface area contributed by atoms with Gasteiger partial charge in [0.2, 0.25) is 0 Å².